The van der Waals surface area contributed by atoms with Gasteiger partial charge in [-0.1, -0.05) is 23.9 Å². The van der Waals surface area contributed by atoms with Crippen molar-refractivity contribution in [2.75, 3.05) is 12.3 Å². The second-order valence-corrected chi connectivity index (χ2v) is 6.70. The number of ether oxygens (including phenoxy) is 1. The predicted octanol–water partition coefficient (Wildman–Crippen LogP) is 1.91. The normalized spacial score (nSPS) is 10.6. The highest BCUT2D eigenvalue weighted by Gasteiger charge is 2.25. The minimum absolute atomic E-state index is 0.0132. The number of nitrogens with zero attached hydrogens (tertiary/aromatic N) is 5. The second kappa shape index (κ2) is 9.09. The van der Waals surface area contributed by atoms with Gasteiger partial charge >= 0.3 is 0 Å². The number of hydrogen-bond acceptors (Lipinski definition) is 10. The average Bonchev–Trinajstić information content (AvgIpc) is 3.44. The van der Waals surface area contributed by atoms with Crippen LogP contribution >= 0.6 is 0 Å². The quantitative estimate of drug-likeness (QED) is 0.292. The second-order valence-electron chi connectivity index (χ2n) is 6.70. The smallest absolute Gasteiger partial charge is 0.292 e. The fraction of sp³-hybridized carbons (Fsp3) is 0.0952. The van der Waals surface area contributed by atoms with Crippen LogP contribution in [0.2, 0.25) is 0 Å². The standard InChI is InChI=1S/C21H20N8O4/c1-3-32-14-10-8-13(9-11-14)18-17(24-28-29(18)20-19(22)26-33-27-20)21(31)25-23-12(2)15-6-4-5-7-16(15)30/h4-11,23,30H,2-3H2,1H3,(H2,22,26)(H,25,31). The van der Waals surface area contributed by atoms with Crippen molar-refractivity contribution in [3.8, 4) is 28.6 Å². The number of aromatic hydroxyl groups is 1. The van der Waals surface area contributed by atoms with Gasteiger partial charge in [-0.3, -0.25) is 15.6 Å². The van der Waals surface area contributed by atoms with Crippen LogP contribution in [0.25, 0.3) is 22.8 Å². The number of phenols is 1. The number of anilines is 1. The Kier molecular flexibility index (Phi) is 5.89. The van der Waals surface area contributed by atoms with Gasteiger partial charge in [0.05, 0.1) is 12.3 Å². The molecule has 0 saturated heterocycles. The molecule has 1 amide bonds. The largest absolute Gasteiger partial charge is 0.507 e. The van der Waals surface area contributed by atoms with Crippen LogP contribution in [0, 0.1) is 0 Å². The topological polar surface area (TPSA) is 166 Å². The number of nitrogens with one attached hydrogen (secondary N) is 2. The van der Waals surface area contributed by atoms with Crippen molar-refractivity contribution in [2.24, 2.45) is 0 Å². The van der Waals surface area contributed by atoms with E-state index < -0.39 is 5.91 Å². The molecule has 4 aromatic rings. The van der Waals surface area contributed by atoms with E-state index in [4.69, 9.17) is 10.5 Å². The molecule has 0 bridgehead atoms. The highest BCUT2D eigenvalue weighted by Crippen LogP contribution is 2.28. The number of aromatic nitrogens is 5. The Bertz CT molecular complexity index is 1300. The summed E-state index contributed by atoms with van der Waals surface area (Å²) in [6.45, 7) is 6.22. The van der Waals surface area contributed by atoms with Gasteiger partial charge in [-0.25, -0.2) is 4.63 Å². The van der Waals surface area contributed by atoms with Crippen LogP contribution in [0.5, 0.6) is 11.5 Å². The van der Waals surface area contributed by atoms with Crippen LogP contribution in [0.4, 0.5) is 5.82 Å². The molecule has 0 fully saturated rings. The lowest BCUT2D eigenvalue weighted by molar-refractivity contribution is 0.0938. The third kappa shape index (κ3) is 4.30. The summed E-state index contributed by atoms with van der Waals surface area (Å²) in [5.41, 5.74) is 12.6. The molecular formula is C21H20N8O4. The van der Waals surface area contributed by atoms with Crippen LogP contribution < -0.4 is 21.3 Å². The molecule has 33 heavy (non-hydrogen) atoms. The van der Waals surface area contributed by atoms with Crippen LogP contribution in [0.15, 0.2) is 59.7 Å². The number of carbonyl (C=O) groups is 1. The third-order valence-corrected chi connectivity index (χ3v) is 4.58. The fourth-order valence-corrected chi connectivity index (χ4v) is 3.04. The Labute approximate surface area is 187 Å². The van der Waals surface area contributed by atoms with Crippen LogP contribution in [-0.2, 0) is 0 Å². The lowest BCUT2D eigenvalue weighted by atomic mass is 10.1. The molecule has 12 nitrogen and oxygen atoms in total. The summed E-state index contributed by atoms with van der Waals surface area (Å²) in [5, 5.41) is 25.3. The van der Waals surface area contributed by atoms with Crippen LogP contribution in [0.3, 0.4) is 0 Å². The van der Waals surface area contributed by atoms with Gasteiger partial charge in [-0.2, -0.15) is 4.68 Å². The molecule has 0 aliphatic carbocycles. The number of benzene rings is 2. The van der Waals surface area contributed by atoms with Gasteiger partial charge in [0.2, 0.25) is 11.6 Å². The number of para-hydroxylation sites is 1. The van der Waals surface area contributed by atoms with Gasteiger partial charge in [0, 0.05) is 11.1 Å². The summed E-state index contributed by atoms with van der Waals surface area (Å²) in [6, 6.07) is 13.6. The van der Waals surface area contributed by atoms with Gasteiger partial charge in [-0.05, 0) is 53.6 Å². The van der Waals surface area contributed by atoms with Gasteiger partial charge in [0.25, 0.3) is 5.91 Å². The highest BCUT2D eigenvalue weighted by atomic mass is 16.6. The first-order valence-electron chi connectivity index (χ1n) is 9.80. The van der Waals surface area contributed by atoms with Crippen molar-refractivity contribution < 1.29 is 19.3 Å². The van der Waals surface area contributed by atoms with Crippen molar-refractivity contribution in [3.05, 3.63) is 66.4 Å². The molecule has 0 unspecified atom stereocenters. The zero-order valence-electron chi connectivity index (χ0n) is 17.5. The molecule has 0 aliphatic rings. The molecule has 5 N–H and O–H groups in total. The van der Waals surface area contributed by atoms with Gasteiger partial charge < -0.3 is 15.6 Å². The number of nitrogen functional groups attached to an aromatic ring is 1. The minimum atomic E-state index is -0.614. The minimum Gasteiger partial charge on any atom is -0.507 e. The molecule has 2 aromatic heterocycles. The zero-order valence-corrected chi connectivity index (χ0v) is 17.5. The van der Waals surface area contributed by atoms with Crippen molar-refractivity contribution in [1.82, 2.24) is 36.2 Å². The number of rotatable bonds is 8. The summed E-state index contributed by atoms with van der Waals surface area (Å²) in [7, 11) is 0. The van der Waals surface area contributed by atoms with E-state index in [0.29, 0.717) is 29.2 Å². The number of phenolic OH excluding ortho intramolecular Hbond substituents is 1. The van der Waals surface area contributed by atoms with Crippen molar-refractivity contribution in [3.63, 3.8) is 0 Å². The monoisotopic (exact) mass is 448 g/mol. The summed E-state index contributed by atoms with van der Waals surface area (Å²) >= 11 is 0. The first-order chi connectivity index (χ1) is 16.0. The predicted molar refractivity (Wildman–Crippen MR) is 118 cm³/mol. The maximum atomic E-state index is 13.0. The first kappa shape index (κ1) is 21.4. The highest BCUT2D eigenvalue weighted by molar-refractivity contribution is 5.98. The summed E-state index contributed by atoms with van der Waals surface area (Å²) in [6.07, 6.45) is 0. The molecule has 168 valence electrons. The molecule has 0 radical (unpaired) electrons. The van der Waals surface area contributed by atoms with E-state index in [1.807, 2.05) is 6.92 Å². The lowest BCUT2D eigenvalue weighted by Crippen LogP contribution is -2.36. The van der Waals surface area contributed by atoms with E-state index in [9.17, 15) is 9.90 Å². The Morgan fingerprint density at radius 1 is 1.18 bits per heavy atom. The number of nitrogens with two attached hydrogens (primary N) is 1. The van der Waals surface area contributed by atoms with E-state index in [1.165, 1.54) is 10.7 Å². The Hall–Kier alpha value is -4.87. The Morgan fingerprint density at radius 3 is 2.61 bits per heavy atom. The lowest BCUT2D eigenvalue weighted by Gasteiger charge is -2.12. The summed E-state index contributed by atoms with van der Waals surface area (Å²) in [5.74, 6) is 0.118. The fourth-order valence-electron chi connectivity index (χ4n) is 3.04. The van der Waals surface area contributed by atoms with Gasteiger partial charge in [0.15, 0.2) is 5.69 Å². The molecule has 0 saturated carbocycles. The summed E-state index contributed by atoms with van der Waals surface area (Å²) < 4.78 is 11.4. The molecule has 0 atom stereocenters. The van der Waals surface area contributed by atoms with E-state index in [0.717, 1.165) is 0 Å². The average molecular weight is 448 g/mol. The maximum absolute atomic E-state index is 13.0. The summed E-state index contributed by atoms with van der Waals surface area (Å²) in [4.78, 5) is 13.0. The molecule has 2 heterocycles. The molecule has 0 aliphatic heterocycles. The molecule has 12 heteroatoms. The number of hydrogen-bond donors (Lipinski definition) is 4. The van der Waals surface area contributed by atoms with Crippen LogP contribution in [0.1, 0.15) is 23.0 Å². The van der Waals surface area contributed by atoms with E-state index in [-0.39, 0.29) is 28.8 Å². The number of amides is 1. The van der Waals surface area contributed by atoms with Crippen LogP contribution in [-0.4, -0.2) is 42.9 Å². The van der Waals surface area contributed by atoms with E-state index in [1.54, 1.807) is 42.5 Å². The van der Waals surface area contributed by atoms with Gasteiger partial charge in [0.1, 0.15) is 17.2 Å². The van der Waals surface area contributed by atoms with Crippen molar-refractivity contribution in [1.29, 1.82) is 0 Å². The van der Waals surface area contributed by atoms with Crippen molar-refractivity contribution in [2.45, 2.75) is 6.92 Å². The van der Waals surface area contributed by atoms with E-state index >= 15 is 0 Å². The van der Waals surface area contributed by atoms with E-state index in [2.05, 4.69) is 42.7 Å². The Morgan fingerprint density at radius 2 is 1.94 bits per heavy atom. The maximum Gasteiger partial charge on any atom is 0.292 e. The van der Waals surface area contributed by atoms with Gasteiger partial charge in [-0.15, -0.1) is 5.10 Å². The zero-order chi connectivity index (χ0) is 23.4. The third-order valence-electron chi connectivity index (χ3n) is 4.58. The number of hydrazine groups is 1. The molecule has 4 rings (SSSR count). The first-order valence-corrected chi connectivity index (χ1v) is 9.80. The Balaban J connectivity index is 1.65. The molecule has 2 aromatic carbocycles. The molecule has 0 spiro atoms. The molecular weight excluding hydrogens is 428 g/mol. The SMILES string of the molecule is C=C(NNC(=O)c1nnn(-c2nonc2N)c1-c1ccc(OCC)cc1)c1ccccc1O. The number of carbonyl (C=O) groups excluding carboxylic acids is 1. The van der Waals surface area contributed by atoms with Crippen molar-refractivity contribution >= 4 is 17.4 Å².